The van der Waals surface area contributed by atoms with Crippen molar-refractivity contribution in [3.05, 3.63) is 77.9 Å². The van der Waals surface area contributed by atoms with Crippen LogP contribution in [0.3, 0.4) is 0 Å². The minimum atomic E-state index is -0.443. The molecule has 5 nitrogen and oxygen atoms in total. The highest BCUT2D eigenvalue weighted by Crippen LogP contribution is 2.40. The van der Waals surface area contributed by atoms with E-state index in [9.17, 15) is 4.79 Å². The molecule has 0 unspecified atom stereocenters. The smallest absolute Gasteiger partial charge is 0.231 e. The maximum atomic E-state index is 13.4. The lowest BCUT2D eigenvalue weighted by Gasteiger charge is -2.36. The summed E-state index contributed by atoms with van der Waals surface area (Å²) >= 11 is 0. The molecule has 1 amide bonds. The zero-order valence-electron chi connectivity index (χ0n) is 16.3. The average Bonchev–Trinajstić information content (AvgIpc) is 3.22. The number of benzene rings is 2. The van der Waals surface area contributed by atoms with E-state index < -0.39 is 5.41 Å². The van der Waals surface area contributed by atoms with Gasteiger partial charge in [-0.1, -0.05) is 67.3 Å². The van der Waals surface area contributed by atoms with Crippen LogP contribution >= 0.6 is 0 Å². The number of carbonyl (C=O) groups excluding carboxylic acids is 1. The fourth-order valence-electron chi connectivity index (χ4n) is 4.26. The summed E-state index contributed by atoms with van der Waals surface area (Å²) in [5.74, 6) is 0.829. The fraction of sp³-hybridized carbons (Fsp3) is 0.348. The second-order valence-electron chi connectivity index (χ2n) is 7.65. The van der Waals surface area contributed by atoms with Crippen molar-refractivity contribution in [1.82, 2.24) is 20.1 Å². The first-order chi connectivity index (χ1) is 13.7. The van der Waals surface area contributed by atoms with E-state index >= 15 is 0 Å². The number of nitrogens with one attached hydrogen (secondary N) is 1. The molecule has 28 heavy (non-hydrogen) atoms. The third-order valence-electron chi connectivity index (χ3n) is 5.77. The van der Waals surface area contributed by atoms with Crippen molar-refractivity contribution in [1.29, 1.82) is 0 Å². The van der Waals surface area contributed by atoms with Crippen LogP contribution in [0.25, 0.3) is 5.69 Å². The summed E-state index contributed by atoms with van der Waals surface area (Å²) in [6.45, 7) is 2.45. The van der Waals surface area contributed by atoms with E-state index in [0.717, 1.165) is 42.8 Å². The van der Waals surface area contributed by atoms with E-state index in [4.69, 9.17) is 0 Å². The summed E-state index contributed by atoms with van der Waals surface area (Å²) in [4.78, 5) is 13.4. The molecule has 0 spiro atoms. The van der Waals surface area contributed by atoms with Crippen molar-refractivity contribution in [2.75, 3.05) is 0 Å². The predicted octanol–water partition coefficient (Wildman–Crippen LogP) is 4.09. The van der Waals surface area contributed by atoms with E-state index in [1.54, 1.807) is 6.33 Å². The van der Waals surface area contributed by atoms with Gasteiger partial charge in [0.15, 0.2) is 5.82 Å². The molecule has 1 aromatic heterocycles. The first kappa shape index (κ1) is 18.4. The van der Waals surface area contributed by atoms with E-state index in [2.05, 4.69) is 46.7 Å². The molecule has 1 aliphatic carbocycles. The lowest BCUT2D eigenvalue weighted by atomic mass is 9.68. The predicted molar refractivity (Wildman–Crippen MR) is 109 cm³/mol. The van der Waals surface area contributed by atoms with Gasteiger partial charge >= 0.3 is 0 Å². The highest BCUT2D eigenvalue weighted by molar-refractivity contribution is 5.88. The van der Waals surface area contributed by atoms with Crippen LogP contribution in [0.4, 0.5) is 0 Å². The number of amides is 1. The number of hydrogen-bond donors (Lipinski definition) is 1. The second kappa shape index (κ2) is 7.97. The van der Waals surface area contributed by atoms with Gasteiger partial charge in [-0.05, 0) is 37.5 Å². The van der Waals surface area contributed by atoms with Gasteiger partial charge in [0.25, 0.3) is 0 Å². The van der Waals surface area contributed by atoms with Crippen LogP contribution in [-0.2, 0) is 16.8 Å². The summed E-state index contributed by atoms with van der Waals surface area (Å²) in [5.41, 5.74) is 2.87. The molecule has 0 aliphatic heterocycles. The minimum Gasteiger partial charge on any atom is -0.348 e. The van der Waals surface area contributed by atoms with Crippen LogP contribution in [0.2, 0.25) is 0 Å². The van der Waals surface area contributed by atoms with Gasteiger partial charge in [0.2, 0.25) is 5.91 Å². The number of nitrogens with zero attached hydrogens (tertiary/aromatic N) is 3. The van der Waals surface area contributed by atoms with Gasteiger partial charge < -0.3 is 5.32 Å². The topological polar surface area (TPSA) is 59.8 Å². The van der Waals surface area contributed by atoms with E-state index in [0.29, 0.717) is 6.54 Å². The molecule has 1 heterocycles. The molecule has 0 atom stereocenters. The maximum absolute atomic E-state index is 13.4. The molecule has 1 N–H and O–H groups in total. The SMILES string of the molecule is Cc1cccc(C2(C(=O)NCc3nncn3-c3ccccc3)CCCCC2)c1. The Morgan fingerprint density at radius 2 is 1.86 bits per heavy atom. The zero-order chi connectivity index (χ0) is 19.4. The Bertz CT molecular complexity index is 942. The summed E-state index contributed by atoms with van der Waals surface area (Å²) in [7, 11) is 0. The number of para-hydroxylation sites is 1. The molecule has 0 radical (unpaired) electrons. The van der Waals surface area contributed by atoms with E-state index in [1.807, 2.05) is 34.9 Å². The number of carbonyl (C=O) groups is 1. The summed E-state index contributed by atoms with van der Waals surface area (Å²) in [6, 6.07) is 18.3. The quantitative estimate of drug-likeness (QED) is 0.732. The monoisotopic (exact) mass is 374 g/mol. The lowest BCUT2D eigenvalue weighted by Crippen LogP contribution is -2.45. The Kier molecular flexibility index (Phi) is 5.24. The van der Waals surface area contributed by atoms with Crippen molar-refractivity contribution >= 4 is 5.91 Å². The molecule has 1 fully saturated rings. The third kappa shape index (κ3) is 3.57. The van der Waals surface area contributed by atoms with Crippen LogP contribution in [-0.4, -0.2) is 20.7 Å². The van der Waals surface area contributed by atoms with Gasteiger partial charge in [-0.2, -0.15) is 0 Å². The van der Waals surface area contributed by atoms with Crippen LogP contribution in [0.5, 0.6) is 0 Å². The largest absolute Gasteiger partial charge is 0.348 e. The Morgan fingerprint density at radius 1 is 1.07 bits per heavy atom. The van der Waals surface area contributed by atoms with Crippen LogP contribution in [0.1, 0.15) is 49.1 Å². The molecule has 144 valence electrons. The molecular formula is C23H26N4O. The highest BCUT2D eigenvalue weighted by atomic mass is 16.2. The number of rotatable bonds is 5. The first-order valence-electron chi connectivity index (χ1n) is 9.99. The van der Waals surface area contributed by atoms with Gasteiger partial charge in [-0.25, -0.2) is 0 Å². The molecular weight excluding hydrogens is 348 g/mol. The molecule has 0 bridgehead atoms. The summed E-state index contributed by atoms with van der Waals surface area (Å²) in [6.07, 6.45) is 6.85. The first-order valence-corrected chi connectivity index (χ1v) is 9.99. The lowest BCUT2D eigenvalue weighted by molar-refractivity contribution is -0.128. The van der Waals surface area contributed by atoms with Gasteiger partial charge in [0.05, 0.1) is 12.0 Å². The van der Waals surface area contributed by atoms with Crippen molar-refractivity contribution < 1.29 is 4.79 Å². The molecule has 3 aromatic rings. The van der Waals surface area contributed by atoms with Crippen molar-refractivity contribution in [3.8, 4) is 5.69 Å². The average molecular weight is 374 g/mol. The van der Waals surface area contributed by atoms with Crippen LogP contribution in [0.15, 0.2) is 60.9 Å². The normalized spacial score (nSPS) is 15.9. The number of aromatic nitrogens is 3. The maximum Gasteiger partial charge on any atom is 0.231 e. The highest BCUT2D eigenvalue weighted by Gasteiger charge is 2.41. The molecule has 2 aromatic carbocycles. The Balaban J connectivity index is 1.56. The summed E-state index contributed by atoms with van der Waals surface area (Å²) < 4.78 is 1.92. The van der Waals surface area contributed by atoms with Crippen molar-refractivity contribution in [2.45, 2.75) is 51.0 Å². The number of hydrogen-bond acceptors (Lipinski definition) is 3. The van der Waals surface area contributed by atoms with Gasteiger partial charge in [-0.15, -0.1) is 10.2 Å². The molecule has 1 aliphatic rings. The molecule has 0 saturated heterocycles. The van der Waals surface area contributed by atoms with Crippen LogP contribution < -0.4 is 5.32 Å². The van der Waals surface area contributed by atoms with Gasteiger partial charge in [0.1, 0.15) is 6.33 Å². The third-order valence-corrected chi connectivity index (χ3v) is 5.77. The Hall–Kier alpha value is -2.95. The van der Waals surface area contributed by atoms with Crippen molar-refractivity contribution in [3.63, 3.8) is 0 Å². The van der Waals surface area contributed by atoms with Gasteiger partial charge in [0, 0.05) is 5.69 Å². The second-order valence-corrected chi connectivity index (χ2v) is 7.65. The Morgan fingerprint density at radius 3 is 2.61 bits per heavy atom. The molecule has 4 rings (SSSR count). The zero-order valence-corrected chi connectivity index (χ0v) is 16.3. The summed E-state index contributed by atoms with van der Waals surface area (Å²) in [5, 5.41) is 11.4. The van der Waals surface area contributed by atoms with Crippen LogP contribution in [0, 0.1) is 6.92 Å². The molecule has 5 heteroatoms. The van der Waals surface area contributed by atoms with E-state index in [-0.39, 0.29) is 5.91 Å². The minimum absolute atomic E-state index is 0.0976. The van der Waals surface area contributed by atoms with Crippen molar-refractivity contribution in [2.24, 2.45) is 0 Å². The van der Waals surface area contributed by atoms with E-state index in [1.165, 1.54) is 12.0 Å². The Labute approximate surface area is 165 Å². The standard InChI is InChI=1S/C23H26N4O/c1-18-9-8-10-19(15-18)23(13-6-3-7-14-23)22(28)24-16-21-26-25-17-27(21)20-11-4-2-5-12-20/h2,4-5,8-12,15,17H,3,6-7,13-14,16H2,1H3,(H,24,28). The van der Waals surface area contributed by atoms with Gasteiger partial charge in [-0.3, -0.25) is 9.36 Å². The fourth-order valence-corrected chi connectivity index (χ4v) is 4.26. The molecule has 1 saturated carbocycles. The number of aryl methyl sites for hydroxylation is 1.